The van der Waals surface area contributed by atoms with Crippen LogP contribution in [0.5, 0.6) is 17.2 Å². The zero-order valence-electron chi connectivity index (χ0n) is 66.2. The highest BCUT2D eigenvalue weighted by Crippen LogP contribution is 2.36. The molecule has 0 spiro atoms. The molecule has 10 aromatic carbocycles. The van der Waals surface area contributed by atoms with Gasteiger partial charge in [-0.15, -0.1) is 67.4 Å². The van der Waals surface area contributed by atoms with Gasteiger partial charge in [0.2, 0.25) is 0 Å². The van der Waals surface area contributed by atoms with Crippen LogP contribution in [-0.4, -0.2) is 137 Å². The highest BCUT2D eigenvalue weighted by Gasteiger charge is 2.25. The number of halogens is 9. The molecule has 1 radical (unpaired) electrons. The summed E-state index contributed by atoms with van der Waals surface area (Å²) in [5, 5.41) is 58.6. The van der Waals surface area contributed by atoms with Crippen LogP contribution in [0.4, 0.5) is 0 Å². The van der Waals surface area contributed by atoms with Gasteiger partial charge in [-0.1, -0.05) is 180 Å². The third kappa shape index (κ3) is 29.7. The van der Waals surface area contributed by atoms with Crippen LogP contribution >= 0.6 is 156 Å². The number of carboxylic acids is 1. The van der Waals surface area contributed by atoms with Crippen molar-refractivity contribution in [3.05, 3.63) is 320 Å². The monoisotopic (exact) mass is 1960 g/mol. The van der Waals surface area contributed by atoms with Gasteiger partial charge in [-0.3, -0.25) is 0 Å². The maximum Gasteiger partial charge on any atom is 0.569 e. The molecule has 0 bridgehead atoms. The summed E-state index contributed by atoms with van der Waals surface area (Å²) in [5.74, 6) is 1.47. The van der Waals surface area contributed by atoms with E-state index in [0.29, 0.717) is 120 Å². The Balaban J connectivity index is 0.000000167. The molecule has 0 fully saturated rings. The molecule has 0 aliphatic heterocycles. The second-order valence-corrected chi connectivity index (χ2v) is 34.1. The number of aromatic amines is 2. The van der Waals surface area contributed by atoms with Crippen LogP contribution in [0.15, 0.2) is 242 Å². The minimum atomic E-state index is -1.09. The summed E-state index contributed by atoms with van der Waals surface area (Å²) in [6, 6.07) is 68.3. The van der Waals surface area contributed by atoms with Crippen molar-refractivity contribution in [2.75, 3.05) is 34.0 Å². The number of methoxy groups -OCH3 is 2. The molecule has 0 saturated heterocycles. The second kappa shape index (κ2) is 49.2. The van der Waals surface area contributed by atoms with Gasteiger partial charge >= 0.3 is 31.6 Å². The largest absolute Gasteiger partial charge is 0.569 e. The number of aromatic nitrogens is 12. The average molecular weight is 1970 g/mol. The predicted molar refractivity (Wildman–Crippen MR) is 495 cm³/mol. The molecule has 38 heteroatoms. The normalized spacial score (nSPS) is 10.6. The van der Waals surface area contributed by atoms with Crippen molar-refractivity contribution in [2.45, 2.75) is 76.5 Å². The van der Waals surface area contributed by atoms with Crippen LogP contribution in [0.1, 0.15) is 96.6 Å². The number of aromatic carboxylic acids is 1. The fourth-order valence-corrected chi connectivity index (χ4v) is 17.0. The van der Waals surface area contributed by atoms with Crippen LogP contribution in [0, 0.1) is 0 Å². The molecule has 24 nitrogen and oxygen atoms in total. The van der Waals surface area contributed by atoms with E-state index in [2.05, 4.69) is 72.0 Å². The van der Waals surface area contributed by atoms with Gasteiger partial charge in [0.15, 0.2) is 22.8 Å². The molecule has 14 aromatic rings. The lowest BCUT2D eigenvalue weighted by Gasteiger charge is -2.10. The summed E-state index contributed by atoms with van der Waals surface area (Å²) in [5.41, 5.74) is 11.0. The van der Waals surface area contributed by atoms with Crippen molar-refractivity contribution in [2.24, 2.45) is 0 Å². The van der Waals surface area contributed by atoms with E-state index in [1.807, 2.05) is 182 Å². The van der Waals surface area contributed by atoms with E-state index in [0.717, 1.165) is 85.8 Å². The first-order chi connectivity index (χ1) is 59.9. The van der Waals surface area contributed by atoms with E-state index < -0.39 is 23.9 Å². The molecule has 4 aromatic heterocycles. The number of nitrogens with one attached hydrogen (secondary N) is 2. The molecule has 4 heterocycles. The lowest BCUT2D eigenvalue weighted by Crippen LogP contribution is -2.11. The Morgan fingerprint density at radius 1 is 0.387 bits per heavy atom. The van der Waals surface area contributed by atoms with E-state index in [9.17, 15) is 19.2 Å². The summed E-state index contributed by atoms with van der Waals surface area (Å²) < 4.78 is 34.9. The van der Waals surface area contributed by atoms with Crippen molar-refractivity contribution in [3.8, 4) is 50.6 Å². The molecule has 4 N–H and O–H groups in total. The first-order valence-electron chi connectivity index (χ1n) is 37.1. The molecule has 0 amide bonds. The fraction of sp³-hybridized carbons (Fsp3) is 0.163. The Hall–Kier alpha value is -9.74. The van der Waals surface area contributed by atoms with Gasteiger partial charge in [-0.25, -0.2) is 28.5 Å². The molecule has 0 unspecified atom stereocenters. The molecule has 0 aliphatic rings. The van der Waals surface area contributed by atoms with Gasteiger partial charge in [0.25, 0.3) is 0 Å². The maximum absolute atomic E-state index is 12.5. The summed E-state index contributed by atoms with van der Waals surface area (Å²) in [6.07, 6.45) is 0. The standard InChI is InChI=1S/C26H23Cl2N3O3S.C20H20BrN3O3S.C18H15Cl2N3O2S.C16H11Cl2N3O2S.C6H4BCl2O2/c1-3-34-26(32)25-24(31(30-29-25)15-17-4-8-22(33-2)9-5-17)16-35-23-10-6-18(7-11-23)19-12-20(27)14-21(28)13-19;1-3-27-20(25)19-18(13-28-17-10-6-15(21)7-11-17)24(23-22-19)12-14-4-8-16(26-2)9-5-14;1-2-25-18(24)17-16(21-23-22-17)10-26-15-5-3-11(4-6-15)12-7-13(19)9-14(20)8-12;17-11-5-10(6-12(18)7-11)9-1-3-13(4-2-9)24-8-14-15(16(22)23)20-21-19-14;8-4-1-5(9)3-6(2-4)11-7-10/h4-14H,3,15-16H2,1-2H3;4-11H,3,12-13H2,1-2H3;3-9H,2,10H2,1H3,(H,21,22,23);1-7H,8H2,(H,22,23)(H,19,20,21);1-3,10H. The topological polar surface area (TPSA) is 309 Å². The molecular weight excluding hydrogens is 1900 g/mol. The maximum atomic E-state index is 12.5. The Labute approximate surface area is 779 Å². The Bertz CT molecular complexity index is 5800. The van der Waals surface area contributed by atoms with E-state index in [1.54, 1.807) is 116 Å². The number of thioether (sulfide) groups is 4. The summed E-state index contributed by atoms with van der Waals surface area (Å²) in [7, 11) is 3.83. The highest BCUT2D eigenvalue weighted by molar-refractivity contribution is 9.10. The predicted octanol–water partition coefficient (Wildman–Crippen LogP) is 23.3. The number of benzene rings is 10. The van der Waals surface area contributed by atoms with Crippen molar-refractivity contribution >= 4 is 187 Å². The van der Waals surface area contributed by atoms with Gasteiger partial charge in [0.1, 0.15) is 28.6 Å². The van der Waals surface area contributed by atoms with Crippen molar-refractivity contribution in [1.82, 2.24) is 60.8 Å². The highest BCUT2D eigenvalue weighted by atomic mass is 79.9. The zero-order valence-corrected chi connectivity index (χ0v) is 77.1. The number of rotatable bonds is 30. The smallest absolute Gasteiger partial charge is 0.537 e. The molecular formula is C86H73BBrCl8N12O12S4. The van der Waals surface area contributed by atoms with E-state index >= 15 is 0 Å². The molecule has 124 heavy (non-hydrogen) atoms. The number of hydrogen-bond acceptors (Lipinski definition) is 23. The molecule has 14 rings (SSSR count). The first kappa shape index (κ1) is 96.5. The van der Waals surface area contributed by atoms with E-state index in [-0.39, 0.29) is 29.4 Å². The van der Waals surface area contributed by atoms with E-state index in [1.165, 1.54) is 11.8 Å². The number of hydrogen-bond donors (Lipinski definition) is 4. The van der Waals surface area contributed by atoms with Gasteiger partial charge < -0.3 is 38.5 Å². The SMILES string of the molecule is CCOC(=O)c1n[nH]nc1CSc1ccc(-c2cc(Cl)cc(Cl)c2)cc1.CCOC(=O)c1nnn(Cc2ccc(OC)cc2)c1CSc1ccc(-c2cc(Cl)cc(Cl)c2)cc1.CCOC(=O)c1nnn(Cc2ccc(OC)cc2)c1CSc1ccc(Br)cc1.O=C(O)c1n[nH]nc1CSc1ccc(-c2cc(Cl)cc(Cl)c2)cc1.O[B]Oc1cc(Cl)cc(Cl)c1. The number of carbonyl (C=O) groups is 4. The third-order valence-corrected chi connectivity index (χ3v) is 23.4. The van der Waals surface area contributed by atoms with Crippen LogP contribution < -0.4 is 14.1 Å². The van der Waals surface area contributed by atoms with E-state index in [4.69, 9.17) is 127 Å². The number of carbonyl (C=O) groups excluding carboxylic acids is 3. The molecule has 0 saturated carbocycles. The Kier molecular flexibility index (Phi) is 38.3. The van der Waals surface area contributed by atoms with Crippen LogP contribution in [0.2, 0.25) is 40.2 Å². The summed E-state index contributed by atoms with van der Waals surface area (Å²) in [4.78, 5) is 51.8. The number of esters is 3. The second-order valence-electron chi connectivity index (χ2n) is 25.5. The minimum Gasteiger partial charge on any atom is -0.537 e. The summed E-state index contributed by atoms with van der Waals surface area (Å²) >= 11 is 57.4. The number of nitrogens with zero attached hydrogens (tertiary/aromatic N) is 10. The van der Waals surface area contributed by atoms with Crippen molar-refractivity contribution in [3.63, 3.8) is 0 Å². The Morgan fingerprint density at radius 2 is 0.694 bits per heavy atom. The van der Waals surface area contributed by atoms with Crippen LogP contribution in [0.25, 0.3) is 33.4 Å². The molecule has 639 valence electrons. The average Bonchev–Trinajstić information content (AvgIpc) is 1.55. The third-order valence-electron chi connectivity index (χ3n) is 17.0. The number of H-pyrrole nitrogens is 2. The van der Waals surface area contributed by atoms with Gasteiger partial charge in [0.05, 0.1) is 58.5 Å². The quantitative estimate of drug-likeness (QED) is 0.0141. The van der Waals surface area contributed by atoms with Gasteiger partial charge in [-0.05, 0) is 223 Å². The lowest BCUT2D eigenvalue weighted by molar-refractivity contribution is 0.0508. The fourth-order valence-electron chi connectivity index (χ4n) is 11.2. The zero-order chi connectivity index (χ0) is 88.6. The first-order valence-corrected chi connectivity index (χ1v) is 44.8. The van der Waals surface area contributed by atoms with Gasteiger partial charge in [-0.2, -0.15) is 20.6 Å². The molecule has 0 atom stereocenters. The molecule has 0 aliphatic carbocycles. The van der Waals surface area contributed by atoms with Crippen LogP contribution in [-0.2, 0) is 50.3 Å². The number of carboxylic acid groups (broad SMARTS) is 1. The van der Waals surface area contributed by atoms with Crippen molar-refractivity contribution < 1.29 is 57.6 Å². The minimum absolute atomic E-state index is 0.0484. The van der Waals surface area contributed by atoms with Crippen LogP contribution in [0.3, 0.4) is 0 Å². The lowest BCUT2D eigenvalue weighted by atomic mass is 10.1. The summed E-state index contributed by atoms with van der Waals surface area (Å²) in [6.45, 7) is 7.13. The Morgan fingerprint density at radius 3 is 1.02 bits per heavy atom. The van der Waals surface area contributed by atoms with Crippen molar-refractivity contribution in [1.29, 1.82) is 0 Å². The number of ether oxygens (including phenoxy) is 5. The van der Waals surface area contributed by atoms with Gasteiger partial charge in [0, 0.05) is 87.2 Å².